The van der Waals surface area contributed by atoms with Crippen LogP contribution in [-0.4, -0.2) is 10.1 Å². The van der Waals surface area contributed by atoms with Gasteiger partial charge in [-0.25, -0.2) is 4.39 Å². The van der Waals surface area contributed by atoms with E-state index in [0.717, 1.165) is 6.07 Å². The monoisotopic (exact) mass is 205 g/mol. The van der Waals surface area contributed by atoms with Crippen LogP contribution in [0.2, 0.25) is 0 Å². The molecule has 0 aliphatic rings. The summed E-state index contributed by atoms with van der Waals surface area (Å²) in [6.45, 7) is 0. The molecule has 1 aromatic heterocycles. The zero-order chi connectivity index (χ0) is 10.8. The van der Waals surface area contributed by atoms with Crippen LogP contribution in [0.3, 0.4) is 0 Å². The summed E-state index contributed by atoms with van der Waals surface area (Å²) in [7, 11) is 0. The second kappa shape index (κ2) is 3.57. The SMILES string of the molecule is O=c1[nH]cccc1-c1ccc(O)c(F)c1. The Morgan fingerprint density at radius 2 is 2.07 bits per heavy atom. The summed E-state index contributed by atoms with van der Waals surface area (Å²) < 4.78 is 13.0. The minimum absolute atomic E-state index is 0.289. The first-order valence-electron chi connectivity index (χ1n) is 4.35. The highest BCUT2D eigenvalue weighted by Gasteiger charge is 2.05. The third-order valence-electron chi connectivity index (χ3n) is 2.08. The number of benzene rings is 1. The molecule has 0 radical (unpaired) electrons. The van der Waals surface area contributed by atoms with Crippen molar-refractivity contribution < 1.29 is 9.50 Å². The normalized spacial score (nSPS) is 10.2. The van der Waals surface area contributed by atoms with Gasteiger partial charge in [-0.3, -0.25) is 4.79 Å². The molecular weight excluding hydrogens is 197 g/mol. The summed E-state index contributed by atoms with van der Waals surface area (Å²) in [5.41, 5.74) is 0.520. The van der Waals surface area contributed by atoms with Crippen LogP contribution in [0, 0.1) is 5.82 Å². The van der Waals surface area contributed by atoms with Gasteiger partial charge in [-0.1, -0.05) is 6.07 Å². The van der Waals surface area contributed by atoms with Crippen molar-refractivity contribution in [3.63, 3.8) is 0 Å². The van der Waals surface area contributed by atoms with Crippen LogP contribution in [-0.2, 0) is 0 Å². The molecule has 0 aliphatic carbocycles. The quantitative estimate of drug-likeness (QED) is 0.746. The molecular formula is C11H8FNO2. The second-order valence-electron chi connectivity index (χ2n) is 3.08. The Morgan fingerprint density at radius 3 is 2.73 bits per heavy atom. The van der Waals surface area contributed by atoms with Crippen molar-refractivity contribution in [1.29, 1.82) is 0 Å². The third kappa shape index (κ3) is 1.74. The lowest BCUT2D eigenvalue weighted by Gasteiger charge is -2.01. The maximum absolute atomic E-state index is 13.0. The molecule has 2 N–H and O–H groups in total. The molecule has 0 spiro atoms. The van der Waals surface area contributed by atoms with Gasteiger partial charge in [-0.2, -0.15) is 0 Å². The molecule has 0 saturated heterocycles. The fourth-order valence-corrected chi connectivity index (χ4v) is 1.32. The molecule has 0 aliphatic heterocycles. The van der Waals surface area contributed by atoms with Crippen molar-refractivity contribution in [2.45, 2.75) is 0 Å². The number of pyridine rings is 1. The van der Waals surface area contributed by atoms with Gasteiger partial charge in [0.1, 0.15) is 0 Å². The number of aromatic nitrogens is 1. The average Bonchev–Trinajstić information content (AvgIpc) is 2.23. The Balaban J connectivity index is 2.60. The predicted molar refractivity (Wildman–Crippen MR) is 54.1 cm³/mol. The molecule has 15 heavy (non-hydrogen) atoms. The van der Waals surface area contributed by atoms with Gasteiger partial charge in [0.25, 0.3) is 5.56 Å². The number of halogens is 1. The average molecular weight is 205 g/mol. The van der Waals surface area contributed by atoms with E-state index in [0.29, 0.717) is 11.1 Å². The van der Waals surface area contributed by atoms with Gasteiger partial charge in [0.2, 0.25) is 0 Å². The first kappa shape index (κ1) is 9.45. The summed E-state index contributed by atoms with van der Waals surface area (Å²) in [5.74, 6) is -1.16. The van der Waals surface area contributed by atoms with E-state index < -0.39 is 11.6 Å². The molecule has 3 nitrogen and oxygen atoms in total. The van der Waals surface area contributed by atoms with Gasteiger partial charge in [-0.05, 0) is 29.8 Å². The van der Waals surface area contributed by atoms with Gasteiger partial charge in [0.15, 0.2) is 11.6 Å². The Kier molecular flexibility index (Phi) is 2.25. The Morgan fingerprint density at radius 1 is 1.27 bits per heavy atom. The minimum atomic E-state index is -0.740. The van der Waals surface area contributed by atoms with Crippen LogP contribution in [0.15, 0.2) is 41.3 Å². The molecule has 0 unspecified atom stereocenters. The van der Waals surface area contributed by atoms with Crippen molar-refractivity contribution in [2.75, 3.05) is 0 Å². The van der Waals surface area contributed by atoms with Gasteiger partial charge >= 0.3 is 0 Å². The molecule has 0 amide bonds. The lowest BCUT2D eigenvalue weighted by molar-refractivity contribution is 0.432. The smallest absolute Gasteiger partial charge is 0.255 e. The largest absolute Gasteiger partial charge is 0.505 e. The van der Waals surface area contributed by atoms with Crippen molar-refractivity contribution in [3.8, 4) is 16.9 Å². The van der Waals surface area contributed by atoms with Crippen LogP contribution in [0.25, 0.3) is 11.1 Å². The van der Waals surface area contributed by atoms with E-state index in [1.807, 2.05) is 0 Å². The van der Waals surface area contributed by atoms with Crippen molar-refractivity contribution in [1.82, 2.24) is 4.98 Å². The number of hydrogen-bond donors (Lipinski definition) is 2. The van der Waals surface area contributed by atoms with E-state index >= 15 is 0 Å². The maximum Gasteiger partial charge on any atom is 0.255 e. The summed E-state index contributed by atoms with van der Waals surface area (Å²) in [5, 5.41) is 9.00. The van der Waals surface area contributed by atoms with Gasteiger partial charge < -0.3 is 10.1 Å². The fourth-order valence-electron chi connectivity index (χ4n) is 1.32. The topological polar surface area (TPSA) is 53.1 Å². The molecule has 4 heteroatoms. The van der Waals surface area contributed by atoms with E-state index in [4.69, 9.17) is 5.11 Å². The number of rotatable bonds is 1. The van der Waals surface area contributed by atoms with Gasteiger partial charge in [0.05, 0.1) is 0 Å². The highest BCUT2D eigenvalue weighted by atomic mass is 19.1. The van der Waals surface area contributed by atoms with E-state index in [-0.39, 0.29) is 5.56 Å². The number of nitrogens with one attached hydrogen (secondary N) is 1. The molecule has 1 aromatic carbocycles. The molecule has 0 saturated carbocycles. The number of phenols is 1. The first-order valence-corrected chi connectivity index (χ1v) is 4.35. The maximum atomic E-state index is 13.0. The Hall–Kier alpha value is -2.10. The number of aromatic amines is 1. The van der Waals surface area contributed by atoms with Crippen LogP contribution in [0.5, 0.6) is 5.75 Å². The fraction of sp³-hybridized carbons (Fsp3) is 0. The Bertz CT molecular complexity index is 548. The first-order chi connectivity index (χ1) is 7.18. The number of aromatic hydroxyl groups is 1. The van der Waals surface area contributed by atoms with Crippen LogP contribution < -0.4 is 5.56 Å². The van der Waals surface area contributed by atoms with E-state index in [1.165, 1.54) is 18.3 Å². The molecule has 1 heterocycles. The number of hydrogen-bond acceptors (Lipinski definition) is 2. The molecule has 76 valence electrons. The van der Waals surface area contributed by atoms with Crippen LogP contribution >= 0.6 is 0 Å². The molecule has 2 rings (SSSR count). The predicted octanol–water partition coefficient (Wildman–Crippen LogP) is 1.89. The minimum Gasteiger partial charge on any atom is -0.505 e. The highest BCUT2D eigenvalue weighted by molar-refractivity contribution is 5.63. The standard InChI is InChI=1S/C11H8FNO2/c12-9-6-7(3-4-10(9)14)8-2-1-5-13-11(8)15/h1-6,14H,(H,13,15). The summed E-state index contributed by atoms with van der Waals surface area (Å²) in [4.78, 5) is 13.9. The molecule has 0 fully saturated rings. The molecule has 0 atom stereocenters. The third-order valence-corrected chi connectivity index (χ3v) is 2.08. The van der Waals surface area contributed by atoms with E-state index in [1.54, 1.807) is 12.1 Å². The van der Waals surface area contributed by atoms with E-state index in [2.05, 4.69) is 4.98 Å². The number of H-pyrrole nitrogens is 1. The molecule has 2 aromatic rings. The lowest BCUT2D eigenvalue weighted by atomic mass is 10.1. The highest BCUT2D eigenvalue weighted by Crippen LogP contribution is 2.22. The summed E-state index contributed by atoms with van der Waals surface area (Å²) in [6, 6.07) is 7.08. The zero-order valence-corrected chi connectivity index (χ0v) is 7.70. The van der Waals surface area contributed by atoms with Gasteiger partial charge in [-0.15, -0.1) is 0 Å². The second-order valence-corrected chi connectivity index (χ2v) is 3.08. The summed E-state index contributed by atoms with van der Waals surface area (Å²) in [6.07, 6.45) is 1.50. The van der Waals surface area contributed by atoms with Crippen molar-refractivity contribution in [3.05, 3.63) is 52.7 Å². The Labute approximate surface area is 84.8 Å². The van der Waals surface area contributed by atoms with Crippen molar-refractivity contribution >= 4 is 0 Å². The molecule has 0 bridgehead atoms. The lowest BCUT2D eigenvalue weighted by Crippen LogP contribution is -2.06. The van der Waals surface area contributed by atoms with Crippen LogP contribution in [0.4, 0.5) is 4.39 Å². The van der Waals surface area contributed by atoms with E-state index in [9.17, 15) is 9.18 Å². The van der Waals surface area contributed by atoms with Crippen LogP contribution in [0.1, 0.15) is 0 Å². The zero-order valence-electron chi connectivity index (χ0n) is 7.70. The van der Waals surface area contributed by atoms with Crippen molar-refractivity contribution in [2.24, 2.45) is 0 Å². The number of phenolic OH excluding ortho intramolecular Hbond substituents is 1. The van der Waals surface area contributed by atoms with Gasteiger partial charge in [0, 0.05) is 11.8 Å². The summed E-state index contributed by atoms with van der Waals surface area (Å²) >= 11 is 0.